The molecule has 7 heteroatoms. The van der Waals surface area contributed by atoms with Crippen LogP contribution in [0.4, 0.5) is 0 Å². The first-order valence-corrected chi connectivity index (χ1v) is 9.72. The molecule has 0 aromatic heterocycles. The van der Waals surface area contributed by atoms with Gasteiger partial charge in [0.05, 0.1) is 22.6 Å². The van der Waals surface area contributed by atoms with Gasteiger partial charge in [-0.05, 0) is 60.0 Å². The van der Waals surface area contributed by atoms with Crippen LogP contribution < -0.4 is 9.47 Å². The van der Waals surface area contributed by atoms with Crippen molar-refractivity contribution in [2.75, 3.05) is 13.7 Å². The predicted octanol–water partition coefficient (Wildman–Crippen LogP) is 4.86. The molecule has 1 amide bonds. The van der Waals surface area contributed by atoms with E-state index in [1.165, 1.54) is 11.8 Å². The molecule has 1 atom stereocenters. The highest BCUT2D eigenvalue weighted by molar-refractivity contribution is 9.10. The molecule has 1 heterocycles. The van der Waals surface area contributed by atoms with Crippen LogP contribution in [-0.2, 0) is 4.79 Å². The third-order valence-corrected chi connectivity index (χ3v) is 5.60. The fraction of sp³-hybridized carbons (Fsp3) is 0.412. The van der Waals surface area contributed by atoms with Crippen molar-refractivity contribution in [3.63, 3.8) is 0 Å². The Kier molecular flexibility index (Phi) is 6.71. The second-order valence-corrected chi connectivity index (χ2v) is 7.83. The van der Waals surface area contributed by atoms with Gasteiger partial charge in [0.1, 0.15) is 4.32 Å². The molecule has 1 fully saturated rings. The first-order valence-electron chi connectivity index (χ1n) is 7.70. The van der Waals surface area contributed by atoms with Crippen LogP contribution in [0.25, 0.3) is 6.08 Å². The van der Waals surface area contributed by atoms with Crippen molar-refractivity contribution in [2.24, 2.45) is 0 Å². The van der Waals surface area contributed by atoms with Crippen LogP contribution >= 0.6 is 39.9 Å². The van der Waals surface area contributed by atoms with Crippen molar-refractivity contribution in [1.82, 2.24) is 4.90 Å². The average molecular weight is 430 g/mol. The Morgan fingerprint density at radius 2 is 2.12 bits per heavy atom. The van der Waals surface area contributed by atoms with Crippen molar-refractivity contribution in [3.05, 3.63) is 27.1 Å². The number of thioether (sulfide) groups is 1. The first-order chi connectivity index (χ1) is 11.4. The number of benzene rings is 1. The number of halogens is 1. The summed E-state index contributed by atoms with van der Waals surface area (Å²) in [5.74, 6) is 1.24. The van der Waals surface area contributed by atoms with Crippen molar-refractivity contribution in [1.29, 1.82) is 0 Å². The number of nitrogens with zero attached hydrogens (tertiary/aromatic N) is 1. The summed E-state index contributed by atoms with van der Waals surface area (Å²) in [6.07, 6.45) is 2.81. The maximum Gasteiger partial charge on any atom is 0.266 e. The average Bonchev–Trinajstić information content (AvgIpc) is 2.82. The summed E-state index contributed by atoms with van der Waals surface area (Å²) in [4.78, 5) is 14.5. The maximum atomic E-state index is 12.3. The standard InChI is InChI=1S/C17H20BrNO3S2/c1-5-10(3)22-15-12(18)7-11(8-13(15)21-4)9-14-16(20)19(6-2)17(23)24-14/h7-10H,5-6H2,1-4H3/b14-9-/t10-/m1/s1. The molecule has 4 nitrogen and oxygen atoms in total. The van der Waals surface area contributed by atoms with Crippen LogP contribution in [0.15, 0.2) is 21.5 Å². The highest BCUT2D eigenvalue weighted by Crippen LogP contribution is 2.39. The summed E-state index contributed by atoms with van der Waals surface area (Å²) >= 11 is 10.1. The lowest BCUT2D eigenvalue weighted by Crippen LogP contribution is -2.27. The molecule has 0 unspecified atom stereocenters. The van der Waals surface area contributed by atoms with Crippen LogP contribution in [0.3, 0.4) is 0 Å². The fourth-order valence-corrected chi connectivity index (χ4v) is 4.08. The number of carbonyl (C=O) groups excluding carboxylic acids is 1. The number of thiocarbonyl (C=S) groups is 1. The number of ether oxygens (including phenoxy) is 2. The minimum atomic E-state index is -0.0532. The molecular weight excluding hydrogens is 410 g/mol. The van der Waals surface area contributed by atoms with Gasteiger partial charge in [-0.25, -0.2) is 0 Å². The van der Waals surface area contributed by atoms with E-state index in [0.717, 1.165) is 16.5 Å². The van der Waals surface area contributed by atoms with Crippen LogP contribution in [0, 0.1) is 0 Å². The van der Waals surface area contributed by atoms with Gasteiger partial charge < -0.3 is 9.47 Å². The van der Waals surface area contributed by atoms with Gasteiger partial charge in [0, 0.05) is 6.54 Å². The largest absolute Gasteiger partial charge is 0.493 e. The number of carbonyl (C=O) groups is 1. The van der Waals surface area contributed by atoms with Crippen LogP contribution in [0.2, 0.25) is 0 Å². The SMILES string of the molecule is CC[C@@H](C)Oc1c(Br)cc(/C=C2\SC(=S)N(CC)C2=O)cc1OC. The summed E-state index contributed by atoms with van der Waals surface area (Å²) in [5, 5.41) is 0. The predicted molar refractivity (Wildman–Crippen MR) is 107 cm³/mol. The van der Waals surface area contributed by atoms with Crippen molar-refractivity contribution in [2.45, 2.75) is 33.3 Å². The smallest absolute Gasteiger partial charge is 0.266 e. The van der Waals surface area contributed by atoms with Crippen molar-refractivity contribution < 1.29 is 14.3 Å². The van der Waals surface area contributed by atoms with Crippen molar-refractivity contribution >= 4 is 56.2 Å². The summed E-state index contributed by atoms with van der Waals surface area (Å²) in [6, 6.07) is 3.78. The van der Waals surface area contributed by atoms with E-state index >= 15 is 0 Å². The van der Waals surface area contributed by atoms with Gasteiger partial charge in [0.25, 0.3) is 5.91 Å². The van der Waals surface area contributed by atoms with Crippen molar-refractivity contribution in [3.8, 4) is 11.5 Å². The molecule has 1 aromatic carbocycles. The van der Waals surface area contributed by atoms with E-state index < -0.39 is 0 Å². The van der Waals surface area contributed by atoms with Gasteiger partial charge in [-0.1, -0.05) is 30.9 Å². The van der Waals surface area contributed by atoms with Gasteiger partial charge >= 0.3 is 0 Å². The number of methoxy groups -OCH3 is 1. The molecular formula is C17H20BrNO3S2. The Morgan fingerprint density at radius 3 is 2.67 bits per heavy atom. The molecule has 1 aromatic rings. The molecule has 0 N–H and O–H groups in total. The Morgan fingerprint density at radius 1 is 1.42 bits per heavy atom. The molecule has 0 bridgehead atoms. The zero-order valence-electron chi connectivity index (χ0n) is 14.1. The number of hydrogen-bond donors (Lipinski definition) is 0. The summed E-state index contributed by atoms with van der Waals surface area (Å²) < 4.78 is 12.8. The number of rotatable bonds is 6. The van der Waals surface area contributed by atoms with E-state index in [0.29, 0.717) is 27.3 Å². The lowest BCUT2D eigenvalue weighted by molar-refractivity contribution is -0.121. The van der Waals surface area contributed by atoms with Gasteiger partial charge in [0.15, 0.2) is 11.5 Å². The lowest BCUT2D eigenvalue weighted by atomic mass is 10.1. The second kappa shape index (κ2) is 8.36. The van der Waals surface area contributed by atoms with Gasteiger partial charge in [0.2, 0.25) is 0 Å². The van der Waals surface area contributed by atoms with E-state index in [-0.39, 0.29) is 12.0 Å². The third-order valence-electron chi connectivity index (χ3n) is 3.63. The van der Waals surface area contributed by atoms with Gasteiger partial charge in [-0.3, -0.25) is 9.69 Å². The van der Waals surface area contributed by atoms with E-state index in [1.807, 2.05) is 32.1 Å². The lowest BCUT2D eigenvalue weighted by Gasteiger charge is -2.17. The minimum Gasteiger partial charge on any atom is -0.493 e. The summed E-state index contributed by atoms with van der Waals surface area (Å²) in [6.45, 7) is 6.57. The zero-order valence-corrected chi connectivity index (χ0v) is 17.3. The van der Waals surface area contributed by atoms with Crippen LogP contribution in [0.5, 0.6) is 11.5 Å². The van der Waals surface area contributed by atoms with Crippen LogP contribution in [0.1, 0.15) is 32.8 Å². The summed E-state index contributed by atoms with van der Waals surface area (Å²) in [7, 11) is 1.60. The molecule has 2 rings (SSSR count). The Labute approximate surface area is 160 Å². The van der Waals surface area contributed by atoms with E-state index in [9.17, 15) is 4.79 Å². The minimum absolute atomic E-state index is 0.0532. The second-order valence-electron chi connectivity index (χ2n) is 5.30. The number of amides is 1. The molecule has 1 aliphatic rings. The quantitative estimate of drug-likeness (QED) is 0.476. The van der Waals surface area contributed by atoms with E-state index in [1.54, 1.807) is 12.0 Å². The maximum absolute atomic E-state index is 12.3. The molecule has 0 saturated carbocycles. The third kappa shape index (κ3) is 4.13. The molecule has 1 aliphatic heterocycles. The normalized spacial score (nSPS) is 17.5. The van der Waals surface area contributed by atoms with Crippen LogP contribution in [-0.4, -0.2) is 34.9 Å². The Bertz CT molecular complexity index is 691. The Balaban J connectivity index is 2.36. The first kappa shape index (κ1) is 19.3. The molecule has 130 valence electrons. The molecule has 24 heavy (non-hydrogen) atoms. The highest BCUT2D eigenvalue weighted by atomic mass is 79.9. The van der Waals surface area contributed by atoms with E-state index in [4.69, 9.17) is 21.7 Å². The van der Waals surface area contributed by atoms with Gasteiger partial charge in [-0.15, -0.1) is 0 Å². The van der Waals surface area contributed by atoms with Gasteiger partial charge in [-0.2, -0.15) is 0 Å². The number of hydrogen-bond acceptors (Lipinski definition) is 5. The van der Waals surface area contributed by atoms with E-state index in [2.05, 4.69) is 22.9 Å². The zero-order chi connectivity index (χ0) is 17.9. The molecule has 0 radical (unpaired) electrons. The monoisotopic (exact) mass is 429 g/mol. The number of likely N-dealkylation sites (N-methyl/N-ethyl adjacent to an activating group) is 1. The Hall–Kier alpha value is -1.05. The summed E-state index contributed by atoms with van der Waals surface area (Å²) in [5.41, 5.74) is 0.854. The molecule has 0 aliphatic carbocycles. The molecule has 1 saturated heterocycles. The highest BCUT2D eigenvalue weighted by Gasteiger charge is 2.30. The topological polar surface area (TPSA) is 38.8 Å². The molecule has 0 spiro atoms. The fourth-order valence-electron chi connectivity index (χ4n) is 2.15.